The summed E-state index contributed by atoms with van der Waals surface area (Å²) in [5.41, 5.74) is 5.14. The van der Waals surface area contributed by atoms with Crippen molar-refractivity contribution in [1.29, 1.82) is 0 Å². The van der Waals surface area contributed by atoms with Crippen LogP contribution in [0, 0.1) is 0 Å². The summed E-state index contributed by atoms with van der Waals surface area (Å²) in [7, 11) is 0. The highest BCUT2D eigenvalue weighted by atomic mass is 16.3. The molecule has 5 nitrogen and oxygen atoms in total. The molecule has 2 aromatic carbocycles. The monoisotopic (exact) mass is 403 g/mol. The van der Waals surface area contributed by atoms with Crippen LogP contribution in [0.25, 0.3) is 11.1 Å². The third kappa shape index (κ3) is 5.67. The van der Waals surface area contributed by atoms with E-state index in [2.05, 4.69) is 60.7 Å². The normalized spacial score (nSPS) is 12.3. The van der Waals surface area contributed by atoms with Crippen molar-refractivity contribution in [2.75, 3.05) is 18.5 Å². The molecule has 156 valence electrons. The van der Waals surface area contributed by atoms with Crippen LogP contribution in [0.2, 0.25) is 0 Å². The Morgan fingerprint density at radius 2 is 1.80 bits per heavy atom. The quantitative estimate of drug-likeness (QED) is 0.545. The Hall–Kier alpha value is -3.18. The third-order valence-electron chi connectivity index (χ3n) is 5.09. The lowest BCUT2D eigenvalue weighted by Crippen LogP contribution is -2.33. The molecule has 2 amide bonds. The number of hydrogen-bond acceptors (Lipinski definition) is 3. The highest BCUT2D eigenvalue weighted by Gasteiger charge is 2.14. The molecule has 1 atom stereocenters. The number of nitrogens with zero attached hydrogens (tertiary/aromatic N) is 1. The first-order valence-corrected chi connectivity index (χ1v) is 10.1. The first kappa shape index (κ1) is 21.5. The van der Waals surface area contributed by atoms with E-state index in [9.17, 15) is 9.90 Å². The standard InChI is InChI=1S/C25H29N3O2/c1-25(2,3)22-11-9-18(10-12-22)19-6-4-8-23(14-19)28-24(30)27-16-21(17-29)20-7-5-13-26-15-20/h4-15,21,29H,16-17H2,1-3H3,(H2,27,28,30). The van der Waals surface area contributed by atoms with Gasteiger partial charge in [0, 0.05) is 30.5 Å². The Morgan fingerprint density at radius 3 is 2.43 bits per heavy atom. The van der Waals surface area contributed by atoms with Gasteiger partial charge in [-0.05, 0) is 45.9 Å². The second-order valence-corrected chi connectivity index (χ2v) is 8.41. The fourth-order valence-electron chi connectivity index (χ4n) is 3.24. The minimum atomic E-state index is -0.308. The zero-order chi connectivity index (χ0) is 21.6. The molecule has 3 aromatic rings. The van der Waals surface area contributed by atoms with E-state index in [1.54, 1.807) is 12.4 Å². The minimum absolute atomic E-state index is 0.0635. The van der Waals surface area contributed by atoms with Crippen molar-refractivity contribution in [3.8, 4) is 11.1 Å². The van der Waals surface area contributed by atoms with E-state index in [4.69, 9.17) is 0 Å². The van der Waals surface area contributed by atoms with Crippen LogP contribution in [-0.2, 0) is 5.41 Å². The Morgan fingerprint density at radius 1 is 1.03 bits per heavy atom. The summed E-state index contributed by atoms with van der Waals surface area (Å²) in [6.45, 7) is 6.84. The van der Waals surface area contributed by atoms with Crippen LogP contribution < -0.4 is 10.6 Å². The molecular weight excluding hydrogens is 374 g/mol. The summed E-state index contributed by atoms with van der Waals surface area (Å²) < 4.78 is 0. The smallest absolute Gasteiger partial charge is 0.319 e. The Bertz CT molecular complexity index is 964. The molecule has 0 spiro atoms. The number of urea groups is 1. The second kappa shape index (κ2) is 9.55. The highest BCUT2D eigenvalue weighted by molar-refractivity contribution is 5.90. The van der Waals surface area contributed by atoms with Gasteiger partial charge in [-0.2, -0.15) is 0 Å². The van der Waals surface area contributed by atoms with Crippen molar-refractivity contribution in [3.63, 3.8) is 0 Å². The first-order chi connectivity index (χ1) is 14.4. The van der Waals surface area contributed by atoms with Gasteiger partial charge in [0.05, 0.1) is 6.61 Å². The van der Waals surface area contributed by atoms with Gasteiger partial charge in [-0.1, -0.05) is 63.2 Å². The van der Waals surface area contributed by atoms with Gasteiger partial charge >= 0.3 is 6.03 Å². The highest BCUT2D eigenvalue weighted by Crippen LogP contribution is 2.27. The van der Waals surface area contributed by atoms with E-state index in [1.807, 2.05) is 36.4 Å². The number of carbonyl (C=O) groups is 1. The van der Waals surface area contributed by atoms with E-state index >= 15 is 0 Å². The van der Waals surface area contributed by atoms with Gasteiger partial charge in [-0.15, -0.1) is 0 Å². The molecule has 0 saturated heterocycles. The zero-order valence-corrected chi connectivity index (χ0v) is 17.7. The number of aromatic nitrogens is 1. The summed E-state index contributed by atoms with van der Waals surface area (Å²) in [5, 5.41) is 15.3. The van der Waals surface area contributed by atoms with Crippen LogP contribution in [0.1, 0.15) is 37.8 Å². The number of benzene rings is 2. The van der Waals surface area contributed by atoms with Gasteiger partial charge in [0.1, 0.15) is 0 Å². The van der Waals surface area contributed by atoms with Crippen molar-refractivity contribution in [2.24, 2.45) is 0 Å². The summed E-state index contributed by atoms with van der Waals surface area (Å²) >= 11 is 0. The van der Waals surface area contributed by atoms with Crippen LogP contribution in [0.3, 0.4) is 0 Å². The number of aliphatic hydroxyl groups is 1. The number of aliphatic hydroxyl groups excluding tert-OH is 1. The van der Waals surface area contributed by atoms with E-state index in [0.29, 0.717) is 12.2 Å². The molecule has 0 radical (unpaired) electrons. The van der Waals surface area contributed by atoms with Crippen LogP contribution >= 0.6 is 0 Å². The third-order valence-corrected chi connectivity index (χ3v) is 5.09. The molecule has 0 aliphatic heterocycles. The van der Waals surface area contributed by atoms with Gasteiger partial charge in [0.25, 0.3) is 0 Å². The maximum atomic E-state index is 12.3. The van der Waals surface area contributed by atoms with Gasteiger partial charge in [-0.25, -0.2) is 4.79 Å². The maximum Gasteiger partial charge on any atom is 0.319 e. The van der Waals surface area contributed by atoms with Crippen molar-refractivity contribution >= 4 is 11.7 Å². The van der Waals surface area contributed by atoms with Crippen molar-refractivity contribution in [1.82, 2.24) is 10.3 Å². The van der Waals surface area contributed by atoms with Crippen LogP contribution in [0.4, 0.5) is 10.5 Å². The molecule has 3 N–H and O–H groups in total. The number of carbonyl (C=O) groups excluding carboxylic acids is 1. The van der Waals surface area contributed by atoms with Gasteiger partial charge in [-0.3, -0.25) is 4.98 Å². The minimum Gasteiger partial charge on any atom is -0.396 e. The zero-order valence-electron chi connectivity index (χ0n) is 17.7. The van der Waals surface area contributed by atoms with Crippen molar-refractivity contribution in [2.45, 2.75) is 32.1 Å². The molecule has 1 aromatic heterocycles. The number of pyridine rings is 1. The molecule has 3 rings (SSSR count). The van der Waals surface area contributed by atoms with Gasteiger partial charge in [0.2, 0.25) is 0 Å². The SMILES string of the molecule is CC(C)(C)c1ccc(-c2cccc(NC(=O)NCC(CO)c3cccnc3)c2)cc1. The number of hydrogen-bond donors (Lipinski definition) is 3. The predicted molar refractivity (Wildman–Crippen MR) is 122 cm³/mol. The van der Waals surface area contributed by atoms with Crippen LogP contribution in [-0.4, -0.2) is 29.3 Å². The van der Waals surface area contributed by atoms with E-state index in [-0.39, 0.29) is 24.0 Å². The van der Waals surface area contributed by atoms with Crippen molar-refractivity contribution < 1.29 is 9.90 Å². The average Bonchev–Trinajstić information content (AvgIpc) is 2.74. The summed E-state index contributed by atoms with van der Waals surface area (Å²) in [6.07, 6.45) is 3.39. The maximum absolute atomic E-state index is 12.3. The molecule has 1 unspecified atom stereocenters. The lowest BCUT2D eigenvalue weighted by atomic mass is 9.86. The molecule has 1 heterocycles. The molecule has 5 heteroatoms. The Labute approximate surface area is 178 Å². The molecular formula is C25H29N3O2. The molecule has 0 aliphatic carbocycles. The summed E-state index contributed by atoms with van der Waals surface area (Å²) in [5.74, 6) is -0.197. The summed E-state index contributed by atoms with van der Waals surface area (Å²) in [6, 6.07) is 19.7. The number of nitrogens with one attached hydrogen (secondary N) is 2. The first-order valence-electron chi connectivity index (χ1n) is 10.1. The van der Waals surface area contributed by atoms with E-state index in [0.717, 1.165) is 16.7 Å². The van der Waals surface area contributed by atoms with E-state index in [1.165, 1.54) is 5.56 Å². The topological polar surface area (TPSA) is 74.2 Å². The lowest BCUT2D eigenvalue weighted by molar-refractivity contribution is 0.243. The summed E-state index contributed by atoms with van der Waals surface area (Å²) in [4.78, 5) is 16.4. The van der Waals surface area contributed by atoms with Crippen LogP contribution in [0.5, 0.6) is 0 Å². The Balaban J connectivity index is 1.63. The van der Waals surface area contributed by atoms with E-state index < -0.39 is 0 Å². The number of anilines is 1. The molecule has 0 saturated carbocycles. The number of amides is 2. The van der Waals surface area contributed by atoms with Crippen molar-refractivity contribution in [3.05, 3.63) is 84.2 Å². The van der Waals surface area contributed by atoms with Gasteiger partial charge < -0.3 is 15.7 Å². The second-order valence-electron chi connectivity index (χ2n) is 8.41. The molecule has 0 fully saturated rings. The molecule has 0 aliphatic rings. The molecule has 0 bridgehead atoms. The lowest BCUT2D eigenvalue weighted by Gasteiger charge is -2.19. The fourth-order valence-corrected chi connectivity index (χ4v) is 3.24. The van der Waals surface area contributed by atoms with Crippen LogP contribution in [0.15, 0.2) is 73.1 Å². The predicted octanol–water partition coefficient (Wildman–Crippen LogP) is 4.94. The number of rotatable bonds is 6. The largest absolute Gasteiger partial charge is 0.396 e. The average molecular weight is 404 g/mol. The Kier molecular flexibility index (Phi) is 6.85. The molecule has 30 heavy (non-hydrogen) atoms. The van der Waals surface area contributed by atoms with Gasteiger partial charge in [0.15, 0.2) is 0 Å². The fraction of sp³-hybridized carbons (Fsp3) is 0.280.